The van der Waals surface area contributed by atoms with Crippen LogP contribution >= 0.6 is 0 Å². The molecule has 0 radical (unpaired) electrons. The molecule has 8 heteroatoms. The van der Waals surface area contributed by atoms with Gasteiger partial charge in [-0.05, 0) is 0 Å². The molecule has 1 aromatic rings. The number of benzene rings is 1. The molecule has 0 saturated heterocycles. The van der Waals surface area contributed by atoms with E-state index in [9.17, 15) is 13.6 Å². The maximum atomic E-state index is 11.2. The summed E-state index contributed by atoms with van der Waals surface area (Å²) in [4.78, 5) is 10.8. The summed E-state index contributed by atoms with van der Waals surface area (Å²) in [5.74, 6) is -0.927. The monoisotopic (exact) mass is 290 g/mol. The van der Waals surface area contributed by atoms with Gasteiger partial charge < -0.3 is 0 Å². The van der Waals surface area contributed by atoms with E-state index in [0.29, 0.717) is 0 Å². The van der Waals surface area contributed by atoms with Crippen molar-refractivity contribution in [2.45, 2.75) is 6.92 Å². The first-order valence-electron chi connectivity index (χ1n) is 4.18. The molecule has 1 amide bonds. The molecule has 1 rings (SSSR count). The minimum absolute atomic E-state index is 0.0877. The van der Waals surface area contributed by atoms with E-state index in [1.807, 2.05) is 0 Å². The van der Waals surface area contributed by atoms with Crippen molar-refractivity contribution in [2.75, 3.05) is 11.1 Å². The summed E-state index contributed by atoms with van der Waals surface area (Å²) in [5.41, 5.74) is 4.86. The van der Waals surface area contributed by atoms with E-state index in [4.69, 9.17) is 13.9 Å². The molecule has 6 N–H and O–H groups in total. The Morgan fingerprint density at radius 2 is 2.00 bits per heavy atom. The van der Waals surface area contributed by atoms with Crippen LogP contribution in [0.3, 0.4) is 0 Å². The van der Waals surface area contributed by atoms with Crippen molar-refractivity contribution >= 4 is 35.8 Å². The molecule has 0 aliphatic heterocycles. The van der Waals surface area contributed by atoms with Crippen molar-refractivity contribution < 1.29 is 21.8 Å². The first-order chi connectivity index (χ1) is 7.23. The van der Waals surface area contributed by atoms with E-state index in [0.717, 1.165) is 6.07 Å². The van der Waals surface area contributed by atoms with Crippen LogP contribution in [0.5, 0.6) is 5.75 Å². The van der Waals surface area contributed by atoms with Crippen LogP contribution < -0.4 is 15.4 Å². The number of nitrogens with one attached hydrogen (secondary N) is 1. The minimum atomic E-state index is -5.32. The second-order valence-corrected chi connectivity index (χ2v) is 6.34. The number of hydrogen-bond donors (Lipinski definition) is 5. The van der Waals surface area contributed by atoms with Gasteiger partial charge in [-0.25, -0.2) is 0 Å². The number of anilines is 2. The first kappa shape index (κ1) is 12.6. The number of aromatic hydroxyl groups is 1. The Balaban J connectivity index is 3.45. The first-order valence-corrected chi connectivity index (χ1v) is 7.57. The Labute approximate surface area is 93.9 Å². The van der Waals surface area contributed by atoms with E-state index in [1.165, 1.54) is 13.0 Å². The molecule has 88 valence electrons. The van der Waals surface area contributed by atoms with Gasteiger partial charge in [0.05, 0.1) is 0 Å². The van der Waals surface area contributed by atoms with Gasteiger partial charge in [0.2, 0.25) is 0 Å². The van der Waals surface area contributed by atoms with Crippen molar-refractivity contribution in [2.24, 2.45) is 0 Å². The van der Waals surface area contributed by atoms with Gasteiger partial charge in [0, 0.05) is 0 Å². The predicted molar refractivity (Wildman–Crippen MR) is 57.3 cm³/mol. The Morgan fingerprint density at radius 1 is 1.44 bits per heavy atom. The molecule has 0 aromatic heterocycles. The summed E-state index contributed by atoms with van der Waals surface area (Å²) >= 11 is -5.32. The van der Waals surface area contributed by atoms with Crippen LogP contribution in [-0.2, 0) is 8.53 Å². The van der Waals surface area contributed by atoms with Gasteiger partial charge in [0.15, 0.2) is 0 Å². The topological polar surface area (TPSA) is 133 Å². The van der Waals surface area contributed by atoms with Crippen LogP contribution in [0.4, 0.5) is 11.4 Å². The Morgan fingerprint density at radius 3 is 2.44 bits per heavy atom. The normalized spacial score (nSPS) is 11.2. The molecule has 0 saturated carbocycles. The third kappa shape index (κ3) is 2.57. The molecule has 16 heavy (non-hydrogen) atoms. The standard InChI is InChI=1S/C8H11AsN2O5/c1-4(12)11-5-2-3-6(13)8(10)7(5)9(14,15)16/h2-3,13H,10H2,1H3,(H,11,12)(H2,14,15,16). The zero-order valence-corrected chi connectivity index (χ0v) is 10.2. The molecule has 0 spiro atoms. The zero-order chi connectivity index (χ0) is 12.5. The molecule has 0 heterocycles. The third-order valence-electron chi connectivity index (χ3n) is 1.80. The quantitative estimate of drug-likeness (QED) is 0.195. The van der Waals surface area contributed by atoms with Crippen molar-refractivity contribution in [1.82, 2.24) is 0 Å². The molecule has 0 aliphatic carbocycles. The van der Waals surface area contributed by atoms with Crippen molar-refractivity contribution in [3.8, 4) is 5.75 Å². The Hall–Kier alpha value is -1.43. The van der Waals surface area contributed by atoms with Gasteiger partial charge in [-0.2, -0.15) is 0 Å². The summed E-state index contributed by atoms with van der Waals surface area (Å²) in [5, 5.41) is 11.5. The molecule has 0 fully saturated rings. The summed E-state index contributed by atoms with van der Waals surface area (Å²) < 4.78 is 28.9. The average Bonchev–Trinajstić information content (AvgIpc) is 2.08. The van der Waals surface area contributed by atoms with Crippen LogP contribution in [0.15, 0.2) is 12.1 Å². The number of nitrogen functional groups attached to an aromatic ring is 1. The summed E-state index contributed by atoms with van der Waals surface area (Å²) in [7, 11) is 0. The molecule has 0 unspecified atom stereocenters. The van der Waals surface area contributed by atoms with E-state index in [2.05, 4.69) is 5.32 Å². The average molecular weight is 290 g/mol. The summed E-state index contributed by atoms with van der Waals surface area (Å²) in [6.07, 6.45) is 0. The van der Waals surface area contributed by atoms with Gasteiger partial charge in [0.25, 0.3) is 0 Å². The Kier molecular flexibility index (Phi) is 3.32. The van der Waals surface area contributed by atoms with Crippen LogP contribution in [0.25, 0.3) is 0 Å². The fraction of sp³-hybridized carbons (Fsp3) is 0.125. The van der Waals surface area contributed by atoms with E-state index in [1.54, 1.807) is 0 Å². The van der Waals surface area contributed by atoms with Crippen LogP contribution in [0.2, 0.25) is 0 Å². The van der Waals surface area contributed by atoms with E-state index >= 15 is 0 Å². The van der Waals surface area contributed by atoms with Gasteiger partial charge >= 0.3 is 93.5 Å². The van der Waals surface area contributed by atoms with E-state index < -0.39 is 35.9 Å². The second kappa shape index (κ2) is 4.21. The number of carbonyl (C=O) groups is 1. The van der Waals surface area contributed by atoms with Gasteiger partial charge in [-0.3, -0.25) is 0 Å². The number of phenolic OH excluding ortho intramolecular Hbond substituents is 1. The predicted octanol–water partition coefficient (Wildman–Crippen LogP) is -1.51. The van der Waals surface area contributed by atoms with Crippen LogP contribution in [-0.4, -0.2) is 33.4 Å². The zero-order valence-electron chi connectivity index (χ0n) is 8.34. The summed E-state index contributed by atoms with van der Waals surface area (Å²) in [6, 6.07) is 2.33. The summed E-state index contributed by atoms with van der Waals surface area (Å²) in [6.45, 7) is 1.19. The second-order valence-electron chi connectivity index (χ2n) is 3.12. The number of phenols is 1. The molecule has 0 bridgehead atoms. The van der Waals surface area contributed by atoms with Gasteiger partial charge in [-0.15, -0.1) is 0 Å². The number of rotatable bonds is 2. The number of carbonyl (C=O) groups excluding carboxylic acids is 1. The van der Waals surface area contributed by atoms with Crippen molar-refractivity contribution in [3.63, 3.8) is 0 Å². The van der Waals surface area contributed by atoms with Gasteiger partial charge in [0.1, 0.15) is 0 Å². The molecule has 0 aliphatic rings. The SMILES string of the molecule is CC(=O)Nc1ccc(O)c(N)c1[As](=O)(O)O. The molecule has 1 aromatic carbocycles. The number of amides is 1. The van der Waals surface area contributed by atoms with Crippen molar-refractivity contribution in [1.29, 1.82) is 0 Å². The fourth-order valence-corrected chi connectivity index (χ4v) is 3.03. The molecular formula is C8H11AsN2O5. The van der Waals surface area contributed by atoms with Crippen LogP contribution in [0, 0.1) is 0 Å². The molecule has 7 nitrogen and oxygen atoms in total. The molecular weight excluding hydrogens is 279 g/mol. The number of hydrogen-bond acceptors (Lipinski definition) is 4. The maximum absolute atomic E-state index is 11.2. The third-order valence-corrected chi connectivity index (χ3v) is 4.03. The fourth-order valence-electron chi connectivity index (χ4n) is 1.20. The van der Waals surface area contributed by atoms with Gasteiger partial charge in [-0.1, -0.05) is 0 Å². The van der Waals surface area contributed by atoms with E-state index in [-0.39, 0.29) is 5.69 Å². The Bertz CT molecular complexity index is 482. The number of nitrogens with two attached hydrogens (primary N) is 1. The van der Waals surface area contributed by atoms with Crippen molar-refractivity contribution in [3.05, 3.63) is 12.1 Å². The van der Waals surface area contributed by atoms with Crippen LogP contribution in [0.1, 0.15) is 6.92 Å². The molecule has 0 atom stereocenters.